The third-order valence-corrected chi connectivity index (χ3v) is 6.12. The molecule has 0 aliphatic rings. The van der Waals surface area contributed by atoms with E-state index in [2.05, 4.69) is 32.3 Å². The third kappa shape index (κ3) is 5.50. The molecular weight excluding hydrogens is 461 g/mol. The number of nitrogens with zero attached hydrogens (tertiary/aromatic N) is 1. The minimum absolute atomic E-state index is 0.107. The van der Waals surface area contributed by atoms with E-state index in [-0.39, 0.29) is 11.3 Å². The normalized spacial score (nSPS) is 12.9. The summed E-state index contributed by atoms with van der Waals surface area (Å²) in [6, 6.07) is 6.52. The molecule has 130 valence electrons. The molecule has 1 aromatic heterocycles. The van der Waals surface area contributed by atoms with E-state index >= 15 is 0 Å². The second-order valence-electron chi connectivity index (χ2n) is 5.26. The molecule has 0 radical (unpaired) electrons. The Bertz CT molecular complexity index is 802. The van der Waals surface area contributed by atoms with Crippen LogP contribution in [0.5, 0.6) is 0 Å². The van der Waals surface area contributed by atoms with Gasteiger partial charge < -0.3 is 5.73 Å². The van der Waals surface area contributed by atoms with Crippen molar-refractivity contribution in [2.45, 2.75) is 28.6 Å². The molecule has 0 bridgehead atoms. The van der Waals surface area contributed by atoms with Crippen LogP contribution in [0.15, 0.2) is 34.5 Å². The van der Waals surface area contributed by atoms with Gasteiger partial charge in [0, 0.05) is 21.4 Å². The Morgan fingerprint density at radius 3 is 2.62 bits per heavy atom. The number of sulfonamides is 1. The number of amides is 1. The second-order valence-corrected chi connectivity index (χ2v) is 10.1. The van der Waals surface area contributed by atoms with Crippen LogP contribution in [0.2, 0.25) is 0 Å². The quantitative estimate of drug-likeness (QED) is 0.448. The van der Waals surface area contributed by atoms with Crippen molar-refractivity contribution in [3.8, 4) is 11.3 Å². The number of primary amides is 1. The lowest BCUT2D eigenvalue weighted by molar-refractivity contribution is -0.117. The number of nitrogens with two attached hydrogens (primary N) is 1. The van der Waals surface area contributed by atoms with Gasteiger partial charge in [0.2, 0.25) is 15.9 Å². The van der Waals surface area contributed by atoms with E-state index < -0.39 is 15.9 Å². The molecule has 0 aliphatic carbocycles. The van der Waals surface area contributed by atoms with Gasteiger partial charge in [0.25, 0.3) is 0 Å². The average Bonchev–Trinajstić information content (AvgIpc) is 2.94. The zero-order valence-electron chi connectivity index (χ0n) is 13.0. The smallest absolute Gasteiger partial charge is 0.240 e. The second kappa shape index (κ2) is 8.37. The molecule has 0 saturated heterocycles. The van der Waals surface area contributed by atoms with Gasteiger partial charge in [0.1, 0.15) is 5.01 Å². The van der Waals surface area contributed by atoms with Gasteiger partial charge in [0.15, 0.2) is 0 Å². The van der Waals surface area contributed by atoms with Crippen LogP contribution in [-0.2, 0) is 21.2 Å². The van der Waals surface area contributed by atoms with Crippen LogP contribution in [0.3, 0.4) is 0 Å². The highest BCUT2D eigenvalue weighted by Crippen LogP contribution is 2.23. The minimum Gasteiger partial charge on any atom is -0.369 e. The molecular formula is C15H18IN3O3S2. The van der Waals surface area contributed by atoms with Crippen LogP contribution in [0.25, 0.3) is 11.3 Å². The van der Waals surface area contributed by atoms with Crippen molar-refractivity contribution < 1.29 is 13.2 Å². The van der Waals surface area contributed by atoms with E-state index in [4.69, 9.17) is 5.73 Å². The van der Waals surface area contributed by atoms with E-state index in [9.17, 15) is 13.2 Å². The fourth-order valence-corrected chi connectivity index (χ4v) is 4.13. The van der Waals surface area contributed by atoms with Crippen molar-refractivity contribution in [2.75, 3.05) is 6.54 Å². The van der Waals surface area contributed by atoms with Crippen LogP contribution in [0.4, 0.5) is 0 Å². The first kappa shape index (κ1) is 19.3. The fraction of sp³-hybridized carbons (Fsp3) is 0.333. The lowest BCUT2D eigenvalue weighted by atomic mass is 10.2. The number of benzene rings is 1. The van der Waals surface area contributed by atoms with Gasteiger partial charge in [-0.2, -0.15) is 0 Å². The standard InChI is InChI=1S/C15H18IN3O3S2/c1-10(16)6-7-18-24(21,22)12-4-2-11(3-5-12)13-9-23-15(19-13)8-14(17)20/h2-5,9-10,18H,6-8H2,1H3,(H2,17,20). The summed E-state index contributed by atoms with van der Waals surface area (Å²) in [5.41, 5.74) is 6.65. The van der Waals surface area contributed by atoms with Crippen LogP contribution < -0.4 is 10.5 Å². The van der Waals surface area contributed by atoms with E-state index in [1.807, 2.05) is 12.3 Å². The summed E-state index contributed by atoms with van der Waals surface area (Å²) in [5, 5.41) is 2.46. The van der Waals surface area contributed by atoms with Crippen molar-refractivity contribution in [1.29, 1.82) is 0 Å². The van der Waals surface area contributed by atoms with Gasteiger partial charge >= 0.3 is 0 Å². The Kier molecular flexibility index (Phi) is 6.72. The van der Waals surface area contributed by atoms with E-state index in [0.29, 0.717) is 21.2 Å². The van der Waals surface area contributed by atoms with Gasteiger partial charge in [-0.15, -0.1) is 11.3 Å². The number of alkyl halides is 1. The number of hydrogen-bond acceptors (Lipinski definition) is 5. The van der Waals surface area contributed by atoms with E-state index in [0.717, 1.165) is 12.0 Å². The number of carbonyl (C=O) groups excluding carboxylic acids is 1. The Labute approximate surface area is 159 Å². The molecule has 3 N–H and O–H groups in total. The maximum atomic E-state index is 12.2. The summed E-state index contributed by atoms with van der Waals surface area (Å²) < 4.78 is 27.4. The van der Waals surface area contributed by atoms with Crippen molar-refractivity contribution in [1.82, 2.24) is 9.71 Å². The summed E-state index contributed by atoms with van der Waals surface area (Å²) >= 11 is 3.61. The lowest BCUT2D eigenvalue weighted by Crippen LogP contribution is -2.25. The first-order valence-corrected chi connectivity index (χ1v) is 10.9. The molecule has 6 nitrogen and oxygen atoms in total. The van der Waals surface area contributed by atoms with Gasteiger partial charge in [0.05, 0.1) is 17.0 Å². The third-order valence-electron chi connectivity index (χ3n) is 3.17. The van der Waals surface area contributed by atoms with Gasteiger partial charge in [-0.3, -0.25) is 4.79 Å². The monoisotopic (exact) mass is 479 g/mol. The van der Waals surface area contributed by atoms with Gasteiger partial charge in [-0.1, -0.05) is 41.6 Å². The molecule has 1 unspecified atom stereocenters. The molecule has 0 aliphatic heterocycles. The molecule has 0 fully saturated rings. The zero-order valence-corrected chi connectivity index (χ0v) is 16.8. The Balaban J connectivity index is 2.09. The SMILES string of the molecule is CC(I)CCNS(=O)(=O)c1ccc(-c2csc(CC(N)=O)n2)cc1. The lowest BCUT2D eigenvalue weighted by Gasteiger charge is -2.08. The summed E-state index contributed by atoms with van der Waals surface area (Å²) in [6.45, 7) is 2.45. The number of halogens is 1. The van der Waals surface area contributed by atoms with Gasteiger partial charge in [-0.25, -0.2) is 18.1 Å². The summed E-state index contributed by atoms with van der Waals surface area (Å²) in [4.78, 5) is 15.5. The number of carbonyl (C=O) groups is 1. The van der Waals surface area contributed by atoms with Crippen LogP contribution >= 0.6 is 33.9 Å². The molecule has 0 saturated carbocycles. The highest BCUT2D eigenvalue weighted by molar-refractivity contribution is 14.1. The highest BCUT2D eigenvalue weighted by Gasteiger charge is 2.14. The number of hydrogen-bond donors (Lipinski definition) is 2. The first-order valence-electron chi connectivity index (χ1n) is 7.25. The first-order chi connectivity index (χ1) is 11.3. The number of nitrogens with one attached hydrogen (secondary N) is 1. The van der Waals surface area contributed by atoms with Crippen molar-refractivity contribution in [3.63, 3.8) is 0 Å². The molecule has 1 heterocycles. The predicted molar refractivity (Wildman–Crippen MR) is 104 cm³/mol. The maximum absolute atomic E-state index is 12.2. The minimum atomic E-state index is -3.50. The summed E-state index contributed by atoms with van der Waals surface area (Å²) in [6.07, 6.45) is 0.885. The summed E-state index contributed by atoms with van der Waals surface area (Å²) in [5.74, 6) is -0.427. The molecule has 1 amide bonds. The largest absolute Gasteiger partial charge is 0.369 e. The van der Waals surface area contributed by atoms with Crippen LogP contribution in [-0.4, -0.2) is 29.8 Å². The zero-order chi connectivity index (χ0) is 17.7. The fourth-order valence-electron chi connectivity index (χ4n) is 1.95. The Morgan fingerprint density at radius 2 is 2.04 bits per heavy atom. The number of aromatic nitrogens is 1. The molecule has 24 heavy (non-hydrogen) atoms. The van der Waals surface area contributed by atoms with Crippen LogP contribution in [0, 0.1) is 0 Å². The molecule has 9 heteroatoms. The number of thiazole rings is 1. The van der Waals surface area contributed by atoms with Crippen LogP contribution in [0.1, 0.15) is 18.4 Å². The van der Waals surface area contributed by atoms with E-state index in [1.165, 1.54) is 11.3 Å². The van der Waals surface area contributed by atoms with Crippen molar-refractivity contribution in [2.24, 2.45) is 5.73 Å². The topological polar surface area (TPSA) is 102 Å². The predicted octanol–water partition coefficient (Wildman–Crippen LogP) is 2.33. The average molecular weight is 479 g/mol. The molecule has 1 aromatic carbocycles. The van der Waals surface area contributed by atoms with Crippen molar-refractivity contribution in [3.05, 3.63) is 34.7 Å². The molecule has 2 rings (SSSR count). The highest BCUT2D eigenvalue weighted by atomic mass is 127. The van der Waals surface area contributed by atoms with E-state index in [1.54, 1.807) is 24.3 Å². The maximum Gasteiger partial charge on any atom is 0.240 e. The Hall–Kier alpha value is -1.04. The van der Waals surface area contributed by atoms with Gasteiger partial charge in [-0.05, 0) is 18.6 Å². The molecule has 2 aromatic rings. The Morgan fingerprint density at radius 1 is 1.38 bits per heavy atom. The molecule has 0 spiro atoms. The summed E-state index contributed by atoms with van der Waals surface area (Å²) in [7, 11) is -3.50. The molecule has 1 atom stereocenters. The van der Waals surface area contributed by atoms with Crippen molar-refractivity contribution >= 4 is 49.9 Å². The number of rotatable bonds is 8.